The number of anilines is 1. The maximum Gasteiger partial charge on any atom is 0.244 e. The van der Waals surface area contributed by atoms with Gasteiger partial charge in [0.15, 0.2) is 0 Å². The Morgan fingerprint density at radius 3 is 2.38 bits per heavy atom. The summed E-state index contributed by atoms with van der Waals surface area (Å²) in [6, 6.07) is 24.6. The minimum Gasteiger partial charge on any atom is -0.457 e. The van der Waals surface area contributed by atoms with Crippen molar-refractivity contribution >= 4 is 22.6 Å². The van der Waals surface area contributed by atoms with Crippen LogP contribution in [0.15, 0.2) is 85.2 Å². The molecule has 0 saturated carbocycles. The molecule has 0 aliphatic carbocycles. The molecule has 0 aliphatic rings. The number of rotatable bonds is 5. The fourth-order valence-electron chi connectivity index (χ4n) is 2.72. The number of amides is 1. The molecule has 0 radical (unpaired) electrons. The molecule has 0 bridgehead atoms. The maximum atomic E-state index is 12.3. The molecule has 4 aromatic rings. The van der Waals surface area contributed by atoms with E-state index >= 15 is 0 Å². The summed E-state index contributed by atoms with van der Waals surface area (Å²) in [5.41, 5.74) is 2.54. The molecule has 0 fully saturated rings. The predicted molar refractivity (Wildman–Crippen MR) is 101 cm³/mol. The summed E-state index contributed by atoms with van der Waals surface area (Å²) < 4.78 is 7.58. The highest BCUT2D eigenvalue weighted by molar-refractivity contribution is 5.91. The molecule has 0 spiro atoms. The highest BCUT2D eigenvalue weighted by Gasteiger charge is 2.07. The largest absolute Gasteiger partial charge is 0.457 e. The molecule has 0 aliphatic heterocycles. The first-order valence-corrected chi connectivity index (χ1v) is 8.31. The molecule has 0 atom stereocenters. The van der Waals surface area contributed by atoms with Gasteiger partial charge in [0.05, 0.1) is 17.4 Å². The molecule has 5 heteroatoms. The molecule has 1 aromatic heterocycles. The lowest BCUT2D eigenvalue weighted by molar-refractivity contribution is -0.116. The lowest BCUT2D eigenvalue weighted by Gasteiger charge is -2.09. The normalized spacial score (nSPS) is 10.6. The third-order valence-corrected chi connectivity index (χ3v) is 3.96. The van der Waals surface area contributed by atoms with Crippen molar-refractivity contribution in [2.75, 3.05) is 5.32 Å². The van der Waals surface area contributed by atoms with Crippen molar-refractivity contribution in [3.63, 3.8) is 0 Å². The SMILES string of the molecule is O=C(Cn1cnc2ccccc21)Nc1ccc(Oc2ccccc2)cc1. The van der Waals surface area contributed by atoms with E-state index in [4.69, 9.17) is 4.74 Å². The second-order valence-electron chi connectivity index (χ2n) is 5.85. The van der Waals surface area contributed by atoms with Crippen molar-refractivity contribution < 1.29 is 9.53 Å². The number of ether oxygens (including phenoxy) is 1. The quantitative estimate of drug-likeness (QED) is 0.582. The number of hydrogen-bond acceptors (Lipinski definition) is 3. The monoisotopic (exact) mass is 343 g/mol. The van der Waals surface area contributed by atoms with Crippen LogP contribution < -0.4 is 10.1 Å². The standard InChI is InChI=1S/C21H17N3O2/c25-21(14-24-15-22-19-8-4-5-9-20(19)24)23-16-10-12-18(13-11-16)26-17-6-2-1-3-7-17/h1-13,15H,14H2,(H,23,25). The van der Waals surface area contributed by atoms with Crippen LogP contribution in [-0.4, -0.2) is 15.5 Å². The van der Waals surface area contributed by atoms with Crippen LogP contribution in [-0.2, 0) is 11.3 Å². The minimum atomic E-state index is -0.107. The Balaban J connectivity index is 1.40. The van der Waals surface area contributed by atoms with E-state index < -0.39 is 0 Å². The van der Waals surface area contributed by atoms with Crippen molar-refractivity contribution in [3.05, 3.63) is 85.2 Å². The Morgan fingerprint density at radius 1 is 0.885 bits per heavy atom. The van der Waals surface area contributed by atoms with E-state index in [9.17, 15) is 4.79 Å². The van der Waals surface area contributed by atoms with Gasteiger partial charge >= 0.3 is 0 Å². The summed E-state index contributed by atoms with van der Waals surface area (Å²) in [5.74, 6) is 1.39. The molecule has 0 saturated heterocycles. The van der Waals surface area contributed by atoms with E-state index in [1.54, 1.807) is 6.33 Å². The molecule has 1 amide bonds. The first kappa shape index (κ1) is 15.9. The molecule has 0 unspecified atom stereocenters. The van der Waals surface area contributed by atoms with E-state index in [1.807, 2.05) is 83.4 Å². The highest BCUT2D eigenvalue weighted by Crippen LogP contribution is 2.22. The van der Waals surface area contributed by atoms with Gasteiger partial charge in [0.25, 0.3) is 0 Å². The lowest BCUT2D eigenvalue weighted by Crippen LogP contribution is -2.18. The average Bonchev–Trinajstić information content (AvgIpc) is 3.07. The fraction of sp³-hybridized carbons (Fsp3) is 0.0476. The first-order chi connectivity index (χ1) is 12.8. The van der Waals surface area contributed by atoms with Crippen molar-refractivity contribution in [2.45, 2.75) is 6.54 Å². The topological polar surface area (TPSA) is 56.2 Å². The number of nitrogens with one attached hydrogen (secondary N) is 1. The average molecular weight is 343 g/mol. The van der Waals surface area contributed by atoms with Gasteiger partial charge < -0.3 is 14.6 Å². The summed E-state index contributed by atoms with van der Waals surface area (Å²) >= 11 is 0. The number of hydrogen-bond donors (Lipinski definition) is 1. The summed E-state index contributed by atoms with van der Waals surface area (Å²) in [7, 11) is 0. The Kier molecular flexibility index (Phi) is 4.35. The number of imidazole rings is 1. The number of carbonyl (C=O) groups is 1. The van der Waals surface area contributed by atoms with Crippen LogP contribution in [0.1, 0.15) is 0 Å². The van der Waals surface area contributed by atoms with Crippen LogP contribution in [0.3, 0.4) is 0 Å². The second-order valence-corrected chi connectivity index (χ2v) is 5.85. The third-order valence-electron chi connectivity index (χ3n) is 3.96. The van der Waals surface area contributed by atoms with Gasteiger partial charge in [-0.2, -0.15) is 0 Å². The van der Waals surface area contributed by atoms with Gasteiger partial charge in [-0.05, 0) is 48.5 Å². The lowest BCUT2D eigenvalue weighted by atomic mass is 10.3. The van der Waals surface area contributed by atoms with Gasteiger partial charge in [-0.1, -0.05) is 30.3 Å². The molecular weight excluding hydrogens is 326 g/mol. The number of nitrogens with zero attached hydrogens (tertiary/aromatic N) is 2. The van der Waals surface area contributed by atoms with Gasteiger partial charge in [0.2, 0.25) is 5.91 Å². The van der Waals surface area contributed by atoms with E-state index in [-0.39, 0.29) is 12.5 Å². The smallest absolute Gasteiger partial charge is 0.244 e. The number of benzene rings is 3. The van der Waals surface area contributed by atoms with E-state index in [0.29, 0.717) is 0 Å². The summed E-state index contributed by atoms with van der Waals surface area (Å²) in [5, 5.41) is 2.89. The van der Waals surface area contributed by atoms with Gasteiger partial charge in [-0.3, -0.25) is 4.79 Å². The zero-order chi connectivity index (χ0) is 17.8. The number of fused-ring (bicyclic) bond motifs is 1. The minimum absolute atomic E-state index is 0.107. The number of para-hydroxylation sites is 3. The summed E-state index contributed by atoms with van der Waals surface area (Å²) in [4.78, 5) is 16.6. The Labute approximate surface area is 150 Å². The molecule has 3 aromatic carbocycles. The van der Waals surface area contributed by atoms with Crippen LogP contribution in [0.25, 0.3) is 11.0 Å². The Bertz CT molecular complexity index is 1020. The van der Waals surface area contributed by atoms with Crippen LogP contribution in [0, 0.1) is 0 Å². The van der Waals surface area contributed by atoms with Crippen molar-refractivity contribution in [2.24, 2.45) is 0 Å². The van der Waals surface area contributed by atoms with Gasteiger partial charge in [0.1, 0.15) is 18.0 Å². The Morgan fingerprint density at radius 2 is 1.58 bits per heavy atom. The second kappa shape index (κ2) is 7.11. The molecule has 4 rings (SSSR count). The van der Waals surface area contributed by atoms with E-state index in [2.05, 4.69) is 10.3 Å². The highest BCUT2D eigenvalue weighted by atomic mass is 16.5. The zero-order valence-corrected chi connectivity index (χ0v) is 14.0. The molecular formula is C21H17N3O2. The molecule has 1 N–H and O–H groups in total. The van der Waals surface area contributed by atoms with Gasteiger partial charge in [0, 0.05) is 5.69 Å². The van der Waals surface area contributed by atoms with Crippen LogP contribution in [0.5, 0.6) is 11.5 Å². The van der Waals surface area contributed by atoms with E-state index in [1.165, 1.54) is 0 Å². The molecule has 128 valence electrons. The van der Waals surface area contributed by atoms with Crippen molar-refractivity contribution in [1.29, 1.82) is 0 Å². The van der Waals surface area contributed by atoms with Gasteiger partial charge in [-0.15, -0.1) is 0 Å². The van der Waals surface area contributed by atoms with Crippen LogP contribution in [0.4, 0.5) is 5.69 Å². The predicted octanol–water partition coefficient (Wildman–Crippen LogP) is 4.47. The Hall–Kier alpha value is -3.60. The van der Waals surface area contributed by atoms with Crippen LogP contribution >= 0.6 is 0 Å². The third kappa shape index (κ3) is 3.57. The molecule has 5 nitrogen and oxygen atoms in total. The molecule has 26 heavy (non-hydrogen) atoms. The fourth-order valence-corrected chi connectivity index (χ4v) is 2.72. The van der Waals surface area contributed by atoms with Crippen molar-refractivity contribution in [3.8, 4) is 11.5 Å². The van der Waals surface area contributed by atoms with E-state index in [0.717, 1.165) is 28.2 Å². The number of aromatic nitrogens is 2. The summed E-state index contributed by atoms with van der Waals surface area (Å²) in [6.45, 7) is 0.211. The number of carbonyl (C=O) groups excluding carboxylic acids is 1. The zero-order valence-electron chi connectivity index (χ0n) is 14.0. The van der Waals surface area contributed by atoms with Crippen molar-refractivity contribution in [1.82, 2.24) is 9.55 Å². The van der Waals surface area contributed by atoms with Gasteiger partial charge in [-0.25, -0.2) is 4.98 Å². The molecule has 1 heterocycles. The van der Waals surface area contributed by atoms with Crippen LogP contribution in [0.2, 0.25) is 0 Å². The first-order valence-electron chi connectivity index (χ1n) is 8.31. The maximum absolute atomic E-state index is 12.3. The summed E-state index contributed by atoms with van der Waals surface area (Å²) in [6.07, 6.45) is 1.68.